The van der Waals surface area contributed by atoms with Crippen molar-refractivity contribution in [3.8, 4) is 5.75 Å². The zero-order valence-corrected chi connectivity index (χ0v) is 18.4. The summed E-state index contributed by atoms with van der Waals surface area (Å²) in [5.74, 6) is 0.880. The first-order chi connectivity index (χ1) is 14.5. The van der Waals surface area contributed by atoms with E-state index in [-0.39, 0.29) is 10.9 Å². The molecule has 0 amide bonds. The first-order valence-electron chi connectivity index (χ1n) is 10.2. The van der Waals surface area contributed by atoms with Crippen LogP contribution in [0.2, 0.25) is 0 Å². The molecule has 1 aromatic heterocycles. The highest BCUT2D eigenvalue weighted by Crippen LogP contribution is 2.16. The van der Waals surface area contributed by atoms with Crippen LogP contribution in [-0.4, -0.2) is 48.8 Å². The summed E-state index contributed by atoms with van der Waals surface area (Å²) in [6, 6.07) is 19.8. The Morgan fingerprint density at radius 1 is 1.03 bits per heavy atom. The number of benzene rings is 2. The maximum atomic E-state index is 12.5. The van der Waals surface area contributed by atoms with Crippen LogP contribution in [0.1, 0.15) is 18.2 Å². The summed E-state index contributed by atoms with van der Waals surface area (Å²) in [6.45, 7) is 4.09. The van der Waals surface area contributed by atoms with Gasteiger partial charge in [-0.1, -0.05) is 55.5 Å². The number of rotatable bonds is 11. The van der Waals surface area contributed by atoms with Crippen LogP contribution in [-0.2, 0) is 29.3 Å². The van der Waals surface area contributed by atoms with E-state index in [1.54, 1.807) is 13.1 Å². The molecule has 0 fully saturated rings. The van der Waals surface area contributed by atoms with Crippen LogP contribution in [0.3, 0.4) is 0 Å². The molecule has 6 nitrogen and oxygen atoms in total. The molecule has 0 aliphatic heterocycles. The number of sulfone groups is 1. The first kappa shape index (κ1) is 22.1. The Hall–Kier alpha value is -2.64. The van der Waals surface area contributed by atoms with Gasteiger partial charge in [-0.2, -0.15) is 0 Å². The Bertz CT molecular complexity index is 1020. The summed E-state index contributed by atoms with van der Waals surface area (Å²) < 4.78 is 32.7. The van der Waals surface area contributed by atoms with Gasteiger partial charge in [-0.05, 0) is 31.2 Å². The lowest BCUT2D eigenvalue weighted by atomic mass is 10.1. The second-order valence-electron chi connectivity index (χ2n) is 7.22. The molecule has 7 heteroatoms. The van der Waals surface area contributed by atoms with Crippen molar-refractivity contribution in [1.29, 1.82) is 0 Å². The van der Waals surface area contributed by atoms with Crippen molar-refractivity contribution in [3.63, 3.8) is 0 Å². The van der Waals surface area contributed by atoms with E-state index in [0.717, 1.165) is 17.9 Å². The summed E-state index contributed by atoms with van der Waals surface area (Å²) in [4.78, 5) is 6.38. The van der Waals surface area contributed by atoms with Crippen LogP contribution >= 0.6 is 0 Å². The lowest BCUT2D eigenvalue weighted by Gasteiger charge is -2.19. The van der Waals surface area contributed by atoms with Crippen molar-refractivity contribution in [3.05, 3.63) is 78.1 Å². The number of imidazole rings is 1. The topological polar surface area (TPSA) is 64.4 Å². The van der Waals surface area contributed by atoms with Gasteiger partial charge in [0.05, 0.1) is 17.6 Å². The molecule has 0 radical (unpaired) electrons. The van der Waals surface area contributed by atoms with Crippen molar-refractivity contribution < 1.29 is 13.2 Å². The van der Waals surface area contributed by atoms with Crippen LogP contribution in [0.5, 0.6) is 5.75 Å². The van der Waals surface area contributed by atoms with Gasteiger partial charge in [0.1, 0.15) is 12.4 Å². The van der Waals surface area contributed by atoms with E-state index in [1.807, 2.05) is 60.1 Å². The second-order valence-corrected chi connectivity index (χ2v) is 9.39. The average Bonchev–Trinajstić information content (AvgIpc) is 3.17. The third kappa shape index (κ3) is 5.93. The fourth-order valence-electron chi connectivity index (χ4n) is 3.21. The molecule has 0 aliphatic rings. The molecule has 0 bridgehead atoms. The maximum absolute atomic E-state index is 12.5. The molecule has 0 saturated carbocycles. The van der Waals surface area contributed by atoms with Crippen molar-refractivity contribution >= 4 is 9.84 Å². The lowest BCUT2D eigenvalue weighted by molar-refractivity contribution is 0.229. The number of hydrogen-bond acceptors (Lipinski definition) is 5. The highest BCUT2D eigenvalue weighted by Gasteiger charge is 2.22. The summed E-state index contributed by atoms with van der Waals surface area (Å²) in [5.41, 5.74) is 2.06. The van der Waals surface area contributed by atoms with Gasteiger partial charge in [-0.25, -0.2) is 13.4 Å². The summed E-state index contributed by atoms with van der Waals surface area (Å²) in [6.07, 6.45) is 2.43. The molecule has 30 heavy (non-hydrogen) atoms. The van der Waals surface area contributed by atoms with Gasteiger partial charge in [-0.15, -0.1) is 0 Å². The van der Waals surface area contributed by atoms with E-state index in [4.69, 9.17) is 4.74 Å². The molecule has 0 atom stereocenters. The molecular formula is C23H29N3O3S. The van der Waals surface area contributed by atoms with E-state index in [1.165, 1.54) is 5.56 Å². The fourth-order valence-corrected chi connectivity index (χ4v) is 4.23. The van der Waals surface area contributed by atoms with Gasteiger partial charge in [0.2, 0.25) is 15.0 Å². The minimum atomic E-state index is -3.39. The third-order valence-electron chi connectivity index (χ3n) is 4.94. The highest BCUT2D eigenvalue weighted by atomic mass is 32.2. The smallest absolute Gasteiger partial charge is 0.227 e. The standard InChI is InChI=1S/C23H29N3O3S/c1-3-30(27,28)23-24-18-21(26(23)15-14-20-10-6-4-7-11-20)19-25(2)16-17-29-22-12-8-5-9-13-22/h4-13,18H,3,14-17,19H2,1-2H3. The van der Waals surface area contributed by atoms with Crippen LogP contribution in [0.4, 0.5) is 0 Å². The quantitative estimate of drug-likeness (QED) is 0.469. The minimum absolute atomic E-state index is 0.0372. The second kappa shape index (κ2) is 10.4. The predicted octanol–water partition coefficient (Wildman–Crippen LogP) is 3.43. The van der Waals surface area contributed by atoms with Gasteiger partial charge < -0.3 is 9.30 Å². The van der Waals surface area contributed by atoms with Crippen LogP contribution in [0.25, 0.3) is 0 Å². The Kier molecular flexibility index (Phi) is 7.65. The van der Waals surface area contributed by atoms with Crippen molar-refractivity contribution in [2.45, 2.75) is 31.6 Å². The molecule has 0 spiro atoms. The molecule has 160 valence electrons. The van der Waals surface area contributed by atoms with Gasteiger partial charge in [-0.3, -0.25) is 4.90 Å². The average molecular weight is 428 g/mol. The number of hydrogen-bond donors (Lipinski definition) is 0. The number of nitrogens with zero attached hydrogens (tertiary/aromatic N) is 3. The Morgan fingerprint density at radius 2 is 1.70 bits per heavy atom. The zero-order chi connectivity index (χ0) is 21.4. The number of para-hydroxylation sites is 1. The Balaban J connectivity index is 1.68. The lowest BCUT2D eigenvalue weighted by Crippen LogP contribution is -2.26. The minimum Gasteiger partial charge on any atom is -0.492 e. The highest BCUT2D eigenvalue weighted by molar-refractivity contribution is 7.91. The van der Waals surface area contributed by atoms with Crippen LogP contribution in [0.15, 0.2) is 72.0 Å². The fraction of sp³-hybridized carbons (Fsp3) is 0.348. The number of likely N-dealkylation sites (N-methyl/N-ethyl adjacent to an activating group) is 1. The van der Waals surface area contributed by atoms with E-state index >= 15 is 0 Å². The maximum Gasteiger partial charge on any atom is 0.227 e. The molecule has 0 aliphatic carbocycles. The van der Waals surface area contributed by atoms with Crippen molar-refractivity contribution in [2.75, 3.05) is 26.0 Å². The van der Waals surface area contributed by atoms with Gasteiger partial charge in [0.25, 0.3) is 0 Å². The first-order valence-corrected chi connectivity index (χ1v) is 11.8. The largest absolute Gasteiger partial charge is 0.492 e. The van der Waals surface area contributed by atoms with E-state index in [0.29, 0.717) is 26.2 Å². The molecule has 0 unspecified atom stereocenters. The monoisotopic (exact) mass is 427 g/mol. The molecule has 3 aromatic rings. The van der Waals surface area contributed by atoms with Gasteiger partial charge in [0, 0.05) is 19.6 Å². The molecule has 0 N–H and O–H groups in total. The van der Waals surface area contributed by atoms with Crippen molar-refractivity contribution in [1.82, 2.24) is 14.5 Å². The molecular weight excluding hydrogens is 398 g/mol. The normalized spacial score (nSPS) is 11.7. The summed E-state index contributed by atoms with van der Waals surface area (Å²) in [7, 11) is -1.40. The number of aryl methyl sites for hydroxylation is 1. The molecule has 1 heterocycles. The number of ether oxygens (including phenoxy) is 1. The zero-order valence-electron chi connectivity index (χ0n) is 17.6. The molecule has 0 saturated heterocycles. The van der Waals surface area contributed by atoms with E-state index in [2.05, 4.69) is 22.0 Å². The van der Waals surface area contributed by atoms with Crippen molar-refractivity contribution in [2.24, 2.45) is 0 Å². The Morgan fingerprint density at radius 3 is 2.37 bits per heavy atom. The third-order valence-corrected chi connectivity index (χ3v) is 6.59. The molecule has 2 aromatic carbocycles. The summed E-state index contributed by atoms with van der Waals surface area (Å²) in [5, 5.41) is 0.157. The van der Waals surface area contributed by atoms with Crippen LogP contribution in [0, 0.1) is 0 Å². The SMILES string of the molecule is CCS(=O)(=O)c1ncc(CN(C)CCOc2ccccc2)n1CCc1ccccc1. The van der Waals surface area contributed by atoms with E-state index < -0.39 is 9.84 Å². The predicted molar refractivity (Wildman–Crippen MR) is 118 cm³/mol. The molecule has 3 rings (SSSR count). The van der Waals surface area contributed by atoms with E-state index in [9.17, 15) is 8.42 Å². The number of aromatic nitrogens is 2. The summed E-state index contributed by atoms with van der Waals surface area (Å²) >= 11 is 0. The van der Waals surface area contributed by atoms with Gasteiger partial charge in [0.15, 0.2) is 0 Å². The Labute approximate surface area is 179 Å². The van der Waals surface area contributed by atoms with Crippen LogP contribution < -0.4 is 4.74 Å². The van der Waals surface area contributed by atoms with Gasteiger partial charge >= 0.3 is 0 Å².